The summed E-state index contributed by atoms with van der Waals surface area (Å²) in [5.74, 6) is 6.43. The summed E-state index contributed by atoms with van der Waals surface area (Å²) in [5, 5.41) is 4.38. The van der Waals surface area contributed by atoms with Crippen LogP contribution in [0.15, 0.2) is 31.9 Å². The van der Waals surface area contributed by atoms with Crippen molar-refractivity contribution >= 4 is 31.9 Å². The predicted octanol–water partition coefficient (Wildman–Crippen LogP) is 2.12. The van der Waals surface area contributed by atoms with E-state index in [4.69, 9.17) is 10.3 Å². The number of nitrogens with two attached hydrogens (primary N) is 1. The molecule has 3 N–H and O–H groups in total. The van der Waals surface area contributed by atoms with Crippen molar-refractivity contribution in [2.24, 2.45) is 5.84 Å². The van der Waals surface area contributed by atoms with Gasteiger partial charge in [-0.25, -0.2) is 5.43 Å². The number of hydrogen-bond donors (Lipinski definition) is 2. The number of hydrogen-bond acceptors (Lipinski definition) is 5. The summed E-state index contributed by atoms with van der Waals surface area (Å²) in [4.78, 5) is 2.10. The van der Waals surface area contributed by atoms with Crippen LogP contribution in [0.4, 0.5) is 0 Å². The number of rotatable bonds is 6. The zero-order chi connectivity index (χ0) is 14.7. The summed E-state index contributed by atoms with van der Waals surface area (Å²) in [6.45, 7) is 1.66. The molecule has 2 aromatic heterocycles. The highest BCUT2D eigenvalue weighted by Gasteiger charge is 2.23. The SMILES string of the molecule is CN(C)CCn1ncc(Br)c1C(NN)c1ccc(Br)o1. The van der Waals surface area contributed by atoms with Gasteiger partial charge < -0.3 is 9.32 Å². The van der Waals surface area contributed by atoms with Gasteiger partial charge in [-0.3, -0.25) is 10.5 Å². The standard InChI is InChI=1S/C12H17Br2N5O/c1-18(2)5-6-19-12(8(13)7-16-19)11(17-15)9-3-4-10(14)20-9/h3-4,7,11,17H,5-6,15H2,1-2H3. The third kappa shape index (κ3) is 3.50. The van der Waals surface area contributed by atoms with Crippen molar-refractivity contribution in [3.05, 3.63) is 38.9 Å². The molecule has 2 aromatic rings. The summed E-state index contributed by atoms with van der Waals surface area (Å²) in [6.07, 6.45) is 1.77. The Morgan fingerprint density at radius 2 is 2.20 bits per heavy atom. The van der Waals surface area contributed by atoms with Crippen LogP contribution in [0.1, 0.15) is 17.5 Å². The summed E-state index contributed by atoms with van der Waals surface area (Å²) < 4.78 is 9.08. The third-order valence-electron chi connectivity index (χ3n) is 2.91. The molecule has 0 aliphatic carbocycles. The highest BCUT2D eigenvalue weighted by atomic mass is 79.9. The Kier molecular flexibility index (Phi) is 5.39. The van der Waals surface area contributed by atoms with Gasteiger partial charge in [0.15, 0.2) is 4.67 Å². The molecule has 0 fully saturated rings. The van der Waals surface area contributed by atoms with E-state index in [-0.39, 0.29) is 6.04 Å². The Balaban J connectivity index is 2.31. The molecule has 20 heavy (non-hydrogen) atoms. The van der Waals surface area contributed by atoms with Crippen LogP contribution in [0.2, 0.25) is 0 Å². The molecule has 0 aliphatic rings. The molecule has 1 atom stereocenters. The van der Waals surface area contributed by atoms with Crippen LogP contribution < -0.4 is 11.3 Å². The molecule has 0 radical (unpaired) electrons. The van der Waals surface area contributed by atoms with Gasteiger partial charge in [-0.15, -0.1) is 0 Å². The van der Waals surface area contributed by atoms with Crippen LogP contribution in [0, 0.1) is 0 Å². The van der Waals surface area contributed by atoms with Crippen molar-refractivity contribution in [2.75, 3.05) is 20.6 Å². The lowest BCUT2D eigenvalue weighted by Gasteiger charge is -2.18. The van der Waals surface area contributed by atoms with Gasteiger partial charge in [0, 0.05) is 6.54 Å². The van der Waals surface area contributed by atoms with E-state index in [0.717, 1.165) is 29.0 Å². The van der Waals surface area contributed by atoms with Crippen molar-refractivity contribution in [1.82, 2.24) is 20.1 Å². The third-order valence-corrected chi connectivity index (χ3v) is 3.95. The predicted molar refractivity (Wildman–Crippen MR) is 84.1 cm³/mol. The van der Waals surface area contributed by atoms with Crippen LogP contribution in [0.5, 0.6) is 0 Å². The Hall–Kier alpha value is -0.670. The van der Waals surface area contributed by atoms with Crippen LogP contribution >= 0.6 is 31.9 Å². The molecule has 1 unspecified atom stereocenters. The Morgan fingerprint density at radius 3 is 2.75 bits per heavy atom. The van der Waals surface area contributed by atoms with Crippen molar-refractivity contribution in [2.45, 2.75) is 12.6 Å². The lowest BCUT2D eigenvalue weighted by molar-refractivity contribution is 0.359. The average Bonchev–Trinajstić information content (AvgIpc) is 2.97. The number of aromatic nitrogens is 2. The first-order valence-corrected chi connectivity index (χ1v) is 7.68. The van der Waals surface area contributed by atoms with Gasteiger partial charge in [0.1, 0.15) is 11.8 Å². The van der Waals surface area contributed by atoms with E-state index < -0.39 is 0 Å². The van der Waals surface area contributed by atoms with Crippen molar-refractivity contribution in [1.29, 1.82) is 0 Å². The summed E-state index contributed by atoms with van der Waals surface area (Å²) >= 11 is 6.83. The van der Waals surface area contributed by atoms with Crippen LogP contribution in [-0.4, -0.2) is 35.3 Å². The lowest BCUT2D eigenvalue weighted by atomic mass is 10.1. The first kappa shape index (κ1) is 15.7. The molecular weight excluding hydrogens is 390 g/mol. The number of furan rings is 1. The van der Waals surface area contributed by atoms with E-state index in [9.17, 15) is 0 Å². The van der Waals surface area contributed by atoms with E-state index in [1.165, 1.54) is 0 Å². The molecule has 2 rings (SSSR count). The number of likely N-dealkylation sites (N-methyl/N-ethyl adjacent to an activating group) is 1. The highest BCUT2D eigenvalue weighted by Crippen LogP contribution is 2.30. The minimum absolute atomic E-state index is 0.264. The maximum absolute atomic E-state index is 5.70. The first-order chi connectivity index (χ1) is 9.52. The molecule has 0 spiro atoms. The largest absolute Gasteiger partial charge is 0.452 e. The normalized spacial score (nSPS) is 13.1. The zero-order valence-electron chi connectivity index (χ0n) is 11.3. The molecule has 110 valence electrons. The summed E-state index contributed by atoms with van der Waals surface area (Å²) in [5.41, 5.74) is 3.72. The number of nitrogens with one attached hydrogen (secondary N) is 1. The van der Waals surface area contributed by atoms with E-state index in [2.05, 4.69) is 47.3 Å². The molecule has 0 saturated carbocycles. The fourth-order valence-corrected chi connectivity index (χ4v) is 2.76. The molecule has 0 aliphatic heterocycles. The van der Waals surface area contributed by atoms with Gasteiger partial charge in [0.05, 0.1) is 22.9 Å². The number of halogens is 2. The summed E-state index contributed by atoms with van der Waals surface area (Å²) in [7, 11) is 4.06. The van der Waals surface area contributed by atoms with Crippen molar-refractivity contribution < 1.29 is 4.42 Å². The molecular formula is C12H17Br2N5O. The van der Waals surface area contributed by atoms with Gasteiger partial charge in [-0.1, -0.05) is 0 Å². The van der Waals surface area contributed by atoms with Crippen LogP contribution in [-0.2, 0) is 6.54 Å². The van der Waals surface area contributed by atoms with E-state index in [1.54, 1.807) is 6.20 Å². The van der Waals surface area contributed by atoms with Crippen LogP contribution in [0.3, 0.4) is 0 Å². The molecule has 2 heterocycles. The number of hydrazine groups is 1. The van der Waals surface area contributed by atoms with Gasteiger partial charge in [0.25, 0.3) is 0 Å². The molecule has 0 aromatic carbocycles. The van der Waals surface area contributed by atoms with E-state index in [0.29, 0.717) is 4.67 Å². The minimum Gasteiger partial charge on any atom is -0.452 e. The fourth-order valence-electron chi connectivity index (χ4n) is 1.91. The van der Waals surface area contributed by atoms with Crippen molar-refractivity contribution in [3.63, 3.8) is 0 Å². The maximum Gasteiger partial charge on any atom is 0.169 e. The van der Waals surface area contributed by atoms with E-state index in [1.807, 2.05) is 30.9 Å². The van der Waals surface area contributed by atoms with E-state index >= 15 is 0 Å². The zero-order valence-corrected chi connectivity index (χ0v) is 14.5. The maximum atomic E-state index is 5.70. The second kappa shape index (κ2) is 6.86. The van der Waals surface area contributed by atoms with Gasteiger partial charge in [0.2, 0.25) is 0 Å². The van der Waals surface area contributed by atoms with Gasteiger partial charge in [-0.2, -0.15) is 5.10 Å². The Bertz CT molecular complexity index is 566. The highest BCUT2D eigenvalue weighted by molar-refractivity contribution is 9.10. The Labute approximate surface area is 134 Å². The second-order valence-corrected chi connectivity index (χ2v) is 6.28. The average molecular weight is 407 g/mol. The molecule has 8 heteroatoms. The first-order valence-electron chi connectivity index (χ1n) is 6.10. The quantitative estimate of drug-likeness (QED) is 0.567. The molecule has 0 saturated heterocycles. The summed E-state index contributed by atoms with van der Waals surface area (Å²) in [6, 6.07) is 3.46. The molecule has 0 bridgehead atoms. The smallest absolute Gasteiger partial charge is 0.169 e. The van der Waals surface area contributed by atoms with Crippen molar-refractivity contribution in [3.8, 4) is 0 Å². The number of nitrogens with zero attached hydrogens (tertiary/aromatic N) is 3. The monoisotopic (exact) mass is 405 g/mol. The fraction of sp³-hybridized carbons (Fsp3) is 0.417. The Morgan fingerprint density at radius 1 is 1.45 bits per heavy atom. The topological polar surface area (TPSA) is 72.2 Å². The minimum atomic E-state index is -0.264. The second-order valence-electron chi connectivity index (χ2n) is 4.65. The molecule has 0 amide bonds. The van der Waals surface area contributed by atoms with Gasteiger partial charge in [-0.05, 0) is 58.1 Å². The van der Waals surface area contributed by atoms with Crippen LogP contribution in [0.25, 0.3) is 0 Å². The lowest BCUT2D eigenvalue weighted by Crippen LogP contribution is -2.31. The van der Waals surface area contributed by atoms with Gasteiger partial charge >= 0.3 is 0 Å². The molecule has 6 nitrogen and oxygen atoms in total.